The van der Waals surface area contributed by atoms with E-state index in [-0.39, 0.29) is 42.4 Å². The summed E-state index contributed by atoms with van der Waals surface area (Å²) in [5.41, 5.74) is -2.80. The number of rotatable bonds is 5. The van der Waals surface area contributed by atoms with Crippen molar-refractivity contribution in [1.82, 2.24) is 4.90 Å². The molecule has 2 aromatic rings. The maximum absolute atomic E-state index is 13.9. The number of aliphatic hydroxyl groups excluding tert-OH is 1. The molecule has 42 heavy (non-hydrogen) atoms. The molecule has 3 aliphatic heterocycles. The zero-order valence-electron chi connectivity index (χ0n) is 23.2. The van der Waals surface area contributed by atoms with Crippen LogP contribution >= 0.6 is 0 Å². The summed E-state index contributed by atoms with van der Waals surface area (Å²) in [6, 6.07) is 7.02. The number of alkyl halides is 6. The molecule has 0 amide bonds. The number of likely N-dealkylation sites (tertiary alicyclic amines) is 1. The lowest BCUT2D eigenvalue weighted by Crippen LogP contribution is -2.55. The first-order valence-electron chi connectivity index (χ1n) is 14.0. The Morgan fingerprint density at radius 3 is 2.07 bits per heavy atom. The monoisotopic (exact) mass is 605 g/mol. The fraction of sp³-hybridized carbons (Fsp3) is 0.600. The van der Waals surface area contributed by atoms with E-state index < -0.39 is 53.7 Å². The Balaban J connectivity index is 1.42. The Labute approximate surface area is 239 Å². The normalized spacial score (nSPS) is 29.6. The highest BCUT2D eigenvalue weighted by Crippen LogP contribution is 2.47. The molecule has 1 N–H and O–H groups in total. The van der Waals surface area contributed by atoms with E-state index in [9.17, 15) is 35.8 Å². The first kappa shape index (κ1) is 31.2. The van der Waals surface area contributed by atoms with Crippen molar-refractivity contribution < 1.29 is 50.1 Å². The molecule has 3 heterocycles. The summed E-state index contributed by atoms with van der Waals surface area (Å²) < 4.78 is 113. The summed E-state index contributed by atoms with van der Waals surface area (Å²) in [5, 5.41) is 10.7. The van der Waals surface area contributed by atoms with Gasteiger partial charge >= 0.3 is 12.4 Å². The third-order valence-electron chi connectivity index (χ3n) is 9.25. The number of halogens is 7. The van der Waals surface area contributed by atoms with Crippen LogP contribution in [0, 0.1) is 11.2 Å². The van der Waals surface area contributed by atoms with Gasteiger partial charge < -0.3 is 19.3 Å². The highest BCUT2D eigenvalue weighted by molar-refractivity contribution is 5.35. The molecule has 2 aromatic carbocycles. The van der Waals surface area contributed by atoms with Gasteiger partial charge in [0.25, 0.3) is 0 Å². The Morgan fingerprint density at radius 1 is 0.952 bits per heavy atom. The van der Waals surface area contributed by atoms with E-state index >= 15 is 0 Å². The molecule has 0 aliphatic carbocycles. The summed E-state index contributed by atoms with van der Waals surface area (Å²) in [4.78, 5) is 2.26. The third kappa shape index (κ3) is 6.19. The zero-order chi connectivity index (χ0) is 30.4. The second kappa shape index (κ2) is 11.7. The molecule has 1 spiro atoms. The summed E-state index contributed by atoms with van der Waals surface area (Å²) in [6.45, 7) is 5.16. The van der Waals surface area contributed by atoms with Gasteiger partial charge in [0, 0.05) is 11.5 Å². The van der Waals surface area contributed by atoms with Crippen LogP contribution in [0.3, 0.4) is 0 Å². The smallest absolute Gasteiger partial charge is 0.390 e. The number of hydrogen-bond donors (Lipinski definition) is 1. The van der Waals surface area contributed by atoms with Crippen LogP contribution in [0.5, 0.6) is 0 Å². The quantitative estimate of drug-likeness (QED) is 0.385. The second-order valence-corrected chi connectivity index (χ2v) is 11.6. The molecule has 3 saturated heterocycles. The number of ether oxygens (including phenoxy) is 3. The average Bonchev–Trinajstić information content (AvgIpc) is 3.21. The maximum atomic E-state index is 13.9. The molecule has 3 fully saturated rings. The van der Waals surface area contributed by atoms with Crippen molar-refractivity contribution >= 4 is 0 Å². The molecule has 12 heteroatoms. The van der Waals surface area contributed by atoms with Gasteiger partial charge in [-0.05, 0) is 87.7 Å². The topological polar surface area (TPSA) is 51.2 Å². The first-order chi connectivity index (χ1) is 19.7. The molecule has 0 aromatic heterocycles. The van der Waals surface area contributed by atoms with E-state index in [4.69, 9.17) is 14.2 Å². The van der Waals surface area contributed by atoms with E-state index in [1.807, 2.05) is 6.92 Å². The Bertz CT molecular complexity index is 1180. The predicted molar refractivity (Wildman–Crippen MR) is 138 cm³/mol. The minimum absolute atomic E-state index is 0.0843. The van der Waals surface area contributed by atoms with Crippen LogP contribution in [0.2, 0.25) is 0 Å². The van der Waals surface area contributed by atoms with Crippen LogP contribution in [0.15, 0.2) is 42.5 Å². The van der Waals surface area contributed by atoms with E-state index in [2.05, 4.69) is 4.90 Å². The summed E-state index contributed by atoms with van der Waals surface area (Å²) in [7, 11) is 0. The number of aliphatic hydroxyl groups is 1. The molecule has 5 rings (SSSR count). The van der Waals surface area contributed by atoms with E-state index in [1.54, 1.807) is 12.1 Å². The lowest BCUT2D eigenvalue weighted by Gasteiger charge is -2.49. The molecule has 232 valence electrons. The fourth-order valence-corrected chi connectivity index (χ4v) is 6.71. The van der Waals surface area contributed by atoms with Crippen LogP contribution in [0.1, 0.15) is 67.4 Å². The van der Waals surface area contributed by atoms with Crippen LogP contribution in [0.4, 0.5) is 30.7 Å². The van der Waals surface area contributed by atoms with Gasteiger partial charge in [-0.25, -0.2) is 4.39 Å². The van der Waals surface area contributed by atoms with E-state index in [0.717, 1.165) is 0 Å². The van der Waals surface area contributed by atoms with Crippen molar-refractivity contribution in [3.05, 3.63) is 70.5 Å². The van der Waals surface area contributed by atoms with Crippen LogP contribution in [0.25, 0.3) is 0 Å². The van der Waals surface area contributed by atoms with Gasteiger partial charge in [0.1, 0.15) is 5.82 Å². The van der Waals surface area contributed by atoms with Gasteiger partial charge in [-0.3, -0.25) is 4.90 Å². The number of nitrogens with zero attached hydrogens (tertiary/aromatic N) is 1. The van der Waals surface area contributed by atoms with Crippen molar-refractivity contribution in [2.24, 2.45) is 5.41 Å². The van der Waals surface area contributed by atoms with E-state index in [1.165, 1.54) is 19.1 Å². The van der Waals surface area contributed by atoms with Crippen LogP contribution in [-0.2, 0) is 26.6 Å². The van der Waals surface area contributed by atoms with Crippen molar-refractivity contribution in [2.45, 2.75) is 82.0 Å². The van der Waals surface area contributed by atoms with Crippen molar-refractivity contribution in [3.63, 3.8) is 0 Å². The standard InChI is InChI=1S/C30H34F7NO4/c1-17(20-13-21(29(32,33)34)15-22(14-20)30(35,36)37)42-27-26(19-3-5-23(31)6-4-19)24(7-12-40-27)38-10-8-28(9-11-38)18(2)41-16-25(28)39/h3-6,13-15,17-18,24-27,39H,7-12,16H2,1-2H3/t17?,18?,24-,25?,26-,27-/m1/s1. The van der Waals surface area contributed by atoms with Gasteiger partial charge in [0.15, 0.2) is 6.29 Å². The van der Waals surface area contributed by atoms with Gasteiger partial charge in [0.2, 0.25) is 0 Å². The lowest BCUT2D eigenvalue weighted by molar-refractivity contribution is -0.213. The Morgan fingerprint density at radius 2 is 1.55 bits per heavy atom. The third-order valence-corrected chi connectivity index (χ3v) is 9.25. The van der Waals surface area contributed by atoms with Crippen LogP contribution in [-0.4, -0.2) is 60.8 Å². The minimum atomic E-state index is -4.99. The summed E-state index contributed by atoms with van der Waals surface area (Å²) >= 11 is 0. The highest BCUT2D eigenvalue weighted by atomic mass is 19.4. The molecule has 3 unspecified atom stereocenters. The molecule has 3 aliphatic rings. The van der Waals surface area contributed by atoms with E-state index in [0.29, 0.717) is 50.0 Å². The Hall–Kier alpha value is -2.25. The number of hydrogen-bond acceptors (Lipinski definition) is 5. The lowest BCUT2D eigenvalue weighted by atomic mass is 9.71. The van der Waals surface area contributed by atoms with Crippen molar-refractivity contribution in [3.8, 4) is 0 Å². The Kier molecular flexibility index (Phi) is 8.67. The zero-order valence-corrected chi connectivity index (χ0v) is 23.2. The van der Waals surface area contributed by atoms with Gasteiger partial charge in [-0.2, -0.15) is 26.3 Å². The molecule has 6 atom stereocenters. The molecule has 0 bridgehead atoms. The van der Waals surface area contributed by atoms with Crippen molar-refractivity contribution in [2.75, 3.05) is 26.3 Å². The minimum Gasteiger partial charge on any atom is -0.390 e. The summed E-state index contributed by atoms with van der Waals surface area (Å²) in [5.74, 6) is -0.962. The second-order valence-electron chi connectivity index (χ2n) is 11.6. The SMILES string of the molecule is CC(O[C@H]1OCC[C@@H](N2CCC3(CC2)C(O)COC3C)[C@H]1c1ccc(F)cc1)c1cc(C(F)(F)F)cc(C(F)(F)F)c1. The van der Waals surface area contributed by atoms with Crippen molar-refractivity contribution in [1.29, 1.82) is 0 Å². The molecular weight excluding hydrogens is 571 g/mol. The average molecular weight is 606 g/mol. The van der Waals surface area contributed by atoms with Crippen LogP contribution < -0.4 is 0 Å². The molecular formula is C30H34F7NO4. The molecule has 5 nitrogen and oxygen atoms in total. The maximum Gasteiger partial charge on any atom is 0.416 e. The van der Waals surface area contributed by atoms with Gasteiger partial charge in [-0.15, -0.1) is 0 Å². The van der Waals surface area contributed by atoms with Gasteiger partial charge in [-0.1, -0.05) is 12.1 Å². The fourth-order valence-electron chi connectivity index (χ4n) is 6.71. The first-order valence-corrected chi connectivity index (χ1v) is 14.0. The largest absolute Gasteiger partial charge is 0.416 e. The predicted octanol–water partition coefficient (Wildman–Crippen LogP) is 6.70. The molecule has 0 radical (unpaired) electrons. The number of piperidine rings is 1. The molecule has 0 saturated carbocycles. The summed E-state index contributed by atoms with van der Waals surface area (Å²) in [6.07, 6.45) is -10.9. The van der Waals surface area contributed by atoms with Gasteiger partial charge in [0.05, 0.1) is 48.6 Å². The highest BCUT2D eigenvalue weighted by Gasteiger charge is 2.52. The number of benzene rings is 2.